The molecule has 1 atom stereocenters. The van der Waals surface area contributed by atoms with Crippen LogP contribution in [0, 0.1) is 0 Å². The van der Waals surface area contributed by atoms with Crippen LogP contribution < -0.4 is 5.43 Å². The van der Waals surface area contributed by atoms with E-state index in [2.05, 4.69) is 12.3 Å². The van der Waals surface area contributed by atoms with Crippen LogP contribution in [0.3, 0.4) is 0 Å². The van der Waals surface area contributed by atoms with Crippen LogP contribution in [0.2, 0.25) is 0 Å². The molecule has 1 unspecified atom stereocenters. The molecular formula is C22H27F3N2O. The Morgan fingerprint density at radius 1 is 1.14 bits per heavy atom. The van der Waals surface area contributed by atoms with Gasteiger partial charge in [-0.2, -0.15) is 18.2 Å². The van der Waals surface area contributed by atoms with Gasteiger partial charge in [0.15, 0.2) is 6.04 Å². The summed E-state index contributed by atoms with van der Waals surface area (Å²) in [6.07, 6.45) is -1.10. The summed E-state index contributed by atoms with van der Waals surface area (Å²) in [5.41, 5.74) is 2.51. The van der Waals surface area contributed by atoms with Crippen molar-refractivity contribution in [3.63, 3.8) is 0 Å². The smallest absolute Gasteiger partial charge is 0.287 e. The first-order valence-corrected chi connectivity index (χ1v) is 9.81. The predicted molar refractivity (Wildman–Crippen MR) is 105 cm³/mol. The van der Waals surface area contributed by atoms with Gasteiger partial charge in [-0.15, -0.1) is 0 Å². The van der Waals surface area contributed by atoms with Gasteiger partial charge in [-0.3, -0.25) is 10.2 Å². The monoisotopic (exact) mass is 392 g/mol. The van der Waals surface area contributed by atoms with Crippen LogP contribution >= 0.6 is 0 Å². The van der Waals surface area contributed by atoms with E-state index in [4.69, 9.17) is 0 Å². The van der Waals surface area contributed by atoms with E-state index in [9.17, 15) is 18.0 Å². The number of carbonyl (C=O) groups excluding carboxylic acids is 1. The lowest BCUT2D eigenvalue weighted by Gasteiger charge is -2.39. The lowest BCUT2D eigenvalue weighted by atomic mass is 9.88. The molecule has 1 heterocycles. The van der Waals surface area contributed by atoms with Crippen LogP contribution in [0.4, 0.5) is 13.2 Å². The first-order chi connectivity index (χ1) is 13.1. The Hall–Kier alpha value is -2.08. The molecule has 3 rings (SSSR count). The second kappa shape index (κ2) is 7.74. The third kappa shape index (κ3) is 4.02. The minimum absolute atomic E-state index is 0.0372. The Balaban J connectivity index is 2.20. The van der Waals surface area contributed by atoms with Crippen LogP contribution in [0.5, 0.6) is 0 Å². The molecule has 152 valence electrons. The number of fused-ring (bicyclic) bond motifs is 1. The molecule has 2 aromatic carbocycles. The van der Waals surface area contributed by atoms with Gasteiger partial charge < -0.3 is 0 Å². The quantitative estimate of drug-likeness (QED) is 0.641. The Morgan fingerprint density at radius 2 is 1.86 bits per heavy atom. The van der Waals surface area contributed by atoms with Crippen LogP contribution in [-0.4, -0.2) is 22.6 Å². The average molecular weight is 392 g/mol. The van der Waals surface area contributed by atoms with Crippen molar-refractivity contribution in [1.29, 1.82) is 0 Å². The topological polar surface area (TPSA) is 32.3 Å². The van der Waals surface area contributed by atoms with Gasteiger partial charge >= 0.3 is 6.18 Å². The number of benzene rings is 2. The molecule has 0 aliphatic carbocycles. The molecule has 1 aliphatic heterocycles. The summed E-state index contributed by atoms with van der Waals surface area (Å²) in [4.78, 5) is 12.0. The molecule has 0 aromatic heterocycles. The normalized spacial score (nSPS) is 18.4. The highest BCUT2D eigenvalue weighted by molar-refractivity contribution is 5.87. The number of unbranched alkanes of at least 4 members (excludes halogenated alkanes) is 2. The summed E-state index contributed by atoms with van der Waals surface area (Å²) >= 11 is 0. The molecule has 0 radical (unpaired) electrons. The zero-order chi connectivity index (χ0) is 20.5. The fraction of sp³-hybridized carbons (Fsp3) is 0.500. The maximum absolute atomic E-state index is 14.4. The van der Waals surface area contributed by atoms with Crippen molar-refractivity contribution in [2.45, 2.75) is 70.6 Å². The standard InChI is InChI=1S/C22H27F3N2O/c1-4-5-6-10-16-13-12-15-9-7-8-11-17(15)19(16)20(22(23,24)25)27-21(2,3)14-18(28)26-27/h7-9,11-13,20H,4-6,10,14H2,1-3H3,(H,26,28). The lowest BCUT2D eigenvalue weighted by Crippen LogP contribution is -2.51. The number of hydrogen-bond acceptors (Lipinski definition) is 2. The van der Waals surface area contributed by atoms with E-state index in [1.165, 1.54) is 0 Å². The molecule has 2 aromatic rings. The van der Waals surface area contributed by atoms with Crippen molar-refractivity contribution in [3.8, 4) is 0 Å². The summed E-state index contributed by atoms with van der Waals surface area (Å²) in [7, 11) is 0. The zero-order valence-electron chi connectivity index (χ0n) is 16.6. The van der Waals surface area contributed by atoms with Crippen LogP contribution in [-0.2, 0) is 11.2 Å². The van der Waals surface area contributed by atoms with Crippen molar-refractivity contribution in [2.75, 3.05) is 0 Å². The van der Waals surface area contributed by atoms with E-state index in [1.54, 1.807) is 26.0 Å². The molecule has 1 fully saturated rings. The van der Waals surface area contributed by atoms with Gasteiger partial charge in [-0.25, -0.2) is 0 Å². The maximum Gasteiger partial charge on any atom is 0.409 e. The van der Waals surface area contributed by atoms with E-state index in [1.807, 2.05) is 24.3 Å². The van der Waals surface area contributed by atoms with Crippen molar-refractivity contribution in [2.24, 2.45) is 0 Å². The number of nitrogens with one attached hydrogen (secondary N) is 1. The molecule has 3 nitrogen and oxygen atoms in total. The summed E-state index contributed by atoms with van der Waals surface area (Å²) in [6, 6.07) is 8.98. The second-order valence-electron chi connectivity index (χ2n) is 8.15. The minimum Gasteiger partial charge on any atom is -0.287 e. The SMILES string of the molecule is CCCCCc1ccc2ccccc2c1C(N1NC(=O)CC1(C)C)C(F)(F)F. The summed E-state index contributed by atoms with van der Waals surface area (Å²) in [6.45, 7) is 5.42. The second-order valence-corrected chi connectivity index (χ2v) is 8.15. The van der Waals surface area contributed by atoms with Crippen molar-refractivity contribution in [3.05, 3.63) is 47.5 Å². The van der Waals surface area contributed by atoms with E-state index < -0.39 is 17.8 Å². The first-order valence-electron chi connectivity index (χ1n) is 9.81. The highest BCUT2D eigenvalue weighted by atomic mass is 19.4. The molecule has 0 spiro atoms. The van der Waals surface area contributed by atoms with Crippen LogP contribution in [0.25, 0.3) is 10.8 Å². The molecule has 28 heavy (non-hydrogen) atoms. The van der Waals surface area contributed by atoms with Gasteiger partial charge in [0.25, 0.3) is 0 Å². The highest BCUT2D eigenvalue weighted by Gasteiger charge is 2.53. The maximum atomic E-state index is 14.4. The summed E-state index contributed by atoms with van der Waals surface area (Å²) < 4.78 is 43.3. The third-order valence-corrected chi connectivity index (χ3v) is 5.44. The van der Waals surface area contributed by atoms with Crippen molar-refractivity contribution < 1.29 is 18.0 Å². The minimum atomic E-state index is -4.53. The van der Waals surface area contributed by atoms with Gasteiger partial charge in [-0.1, -0.05) is 56.2 Å². The zero-order valence-corrected chi connectivity index (χ0v) is 16.6. The van der Waals surface area contributed by atoms with E-state index in [0.29, 0.717) is 17.4 Å². The van der Waals surface area contributed by atoms with E-state index >= 15 is 0 Å². The third-order valence-electron chi connectivity index (χ3n) is 5.44. The Bertz CT molecular complexity index is 860. The van der Waals surface area contributed by atoms with Crippen LogP contribution in [0.15, 0.2) is 36.4 Å². The number of aryl methyl sites for hydroxylation is 1. The van der Waals surface area contributed by atoms with E-state index in [-0.39, 0.29) is 17.9 Å². The fourth-order valence-electron chi connectivity index (χ4n) is 4.10. The first kappa shape index (κ1) is 20.6. The van der Waals surface area contributed by atoms with Gasteiger partial charge in [0.2, 0.25) is 5.91 Å². The summed E-state index contributed by atoms with van der Waals surface area (Å²) in [5, 5.41) is 2.48. The number of alkyl halides is 3. The van der Waals surface area contributed by atoms with Gasteiger partial charge in [0, 0.05) is 12.0 Å². The fourth-order valence-corrected chi connectivity index (χ4v) is 4.10. The predicted octanol–water partition coefficient (Wildman–Crippen LogP) is 5.69. The highest BCUT2D eigenvalue weighted by Crippen LogP contribution is 2.46. The van der Waals surface area contributed by atoms with Gasteiger partial charge in [0.1, 0.15) is 0 Å². The van der Waals surface area contributed by atoms with E-state index in [0.717, 1.165) is 29.7 Å². The number of halogens is 3. The lowest BCUT2D eigenvalue weighted by molar-refractivity contribution is -0.203. The molecule has 1 aliphatic rings. The van der Waals surface area contributed by atoms with Crippen molar-refractivity contribution >= 4 is 16.7 Å². The van der Waals surface area contributed by atoms with Crippen molar-refractivity contribution in [1.82, 2.24) is 10.4 Å². The number of nitrogens with zero attached hydrogens (tertiary/aromatic N) is 1. The van der Waals surface area contributed by atoms with Crippen LogP contribution in [0.1, 0.15) is 63.6 Å². The summed E-state index contributed by atoms with van der Waals surface area (Å²) in [5.74, 6) is -0.382. The average Bonchev–Trinajstić information content (AvgIpc) is 2.87. The number of carbonyl (C=O) groups is 1. The van der Waals surface area contributed by atoms with Gasteiger partial charge in [0.05, 0.1) is 0 Å². The number of rotatable bonds is 6. The molecule has 1 saturated heterocycles. The molecule has 1 amide bonds. The number of hydrogen-bond donors (Lipinski definition) is 1. The molecule has 0 bridgehead atoms. The number of amides is 1. The molecular weight excluding hydrogens is 365 g/mol. The Labute approximate surface area is 163 Å². The largest absolute Gasteiger partial charge is 0.409 e. The number of hydrazine groups is 1. The molecule has 6 heteroatoms. The Kier molecular flexibility index (Phi) is 5.71. The van der Waals surface area contributed by atoms with Gasteiger partial charge in [-0.05, 0) is 48.6 Å². The Morgan fingerprint density at radius 3 is 2.46 bits per heavy atom. The molecule has 0 saturated carbocycles. The molecule has 1 N–H and O–H groups in total.